The standard InChI is InChI=1S/C9H6ClNO2/c10-5-1-2-6-7(4-12)9(13)11-8(6)3-5/h1-4,7H,(H,11,13)/t7-/m1/s1. The fourth-order valence-corrected chi connectivity index (χ4v) is 1.57. The van der Waals surface area contributed by atoms with Crippen LogP contribution in [0.25, 0.3) is 0 Å². The van der Waals surface area contributed by atoms with E-state index in [2.05, 4.69) is 5.32 Å². The van der Waals surface area contributed by atoms with Gasteiger partial charge in [0.2, 0.25) is 5.91 Å². The zero-order chi connectivity index (χ0) is 9.42. The van der Waals surface area contributed by atoms with Gasteiger partial charge in [-0.1, -0.05) is 17.7 Å². The van der Waals surface area contributed by atoms with Crippen molar-refractivity contribution in [3.8, 4) is 0 Å². The van der Waals surface area contributed by atoms with Crippen LogP contribution in [0.5, 0.6) is 0 Å². The van der Waals surface area contributed by atoms with Crippen molar-refractivity contribution in [2.75, 3.05) is 5.32 Å². The van der Waals surface area contributed by atoms with E-state index < -0.39 is 5.92 Å². The van der Waals surface area contributed by atoms with Gasteiger partial charge in [-0.2, -0.15) is 0 Å². The van der Waals surface area contributed by atoms with Crippen molar-refractivity contribution in [1.29, 1.82) is 0 Å². The monoisotopic (exact) mass is 195 g/mol. The Kier molecular flexibility index (Phi) is 1.81. The summed E-state index contributed by atoms with van der Waals surface area (Å²) in [4.78, 5) is 21.8. The minimum atomic E-state index is -0.674. The number of rotatable bonds is 1. The molecule has 1 aromatic rings. The number of hydrogen-bond acceptors (Lipinski definition) is 2. The van der Waals surface area contributed by atoms with Gasteiger partial charge in [-0.3, -0.25) is 4.79 Å². The van der Waals surface area contributed by atoms with Gasteiger partial charge in [0.05, 0.1) is 0 Å². The van der Waals surface area contributed by atoms with Crippen LogP contribution in [-0.2, 0) is 9.59 Å². The third-order valence-electron chi connectivity index (χ3n) is 2.03. The molecule has 13 heavy (non-hydrogen) atoms. The van der Waals surface area contributed by atoms with Crippen LogP contribution >= 0.6 is 11.6 Å². The van der Waals surface area contributed by atoms with Gasteiger partial charge in [-0.15, -0.1) is 0 Å². The molecule has 3 nitrogen and oxygen atoms in total. The van der Waals surface area contributed by atoms with Crippen molar-refractivity contribution in [2.45, 2.75) is 5.92 Å². The highest BCUT2D eigenvalue weighted by Gasteiger charge is 2.29. The smallest absolute Gasteiger partial charge is 0.239 e. The van der Waals surface area contributed by atoms with Crippen LogP contribution in [0.4, 0.5) is 5.69 Å². The molecule has 1 aliphatic heterocycles. The van der Waals surface area contributed by atoms with Gasteiger partial charge in [-0.25, -0.2) is 0 Å². The Morgan fingerprint density at radius 2 is 2.23 bits per heavy atom. The minimum Gasteiger partial charge on any atom is -0.325 e. The van der Waals surface area contributed by atoms with Crippen molar-refractivity contribution >= 4 is 29.5 Å². The van der Waals surface area contributed by atoms with Gasteiger partial charge in [0.1, 0.15) is 12.2 Å². The van der Waals surface area contributed by atoms with Crippen molar-refractivity contribution in [3.63, 3.8) is 0 Å². The van der Waals surface area contributed by atoms with Crippen molar-refractivity contribution in [1.82, 2.24) is 0 Å². The molecule has 4 heteroatoms. The Labute approximate surface area is 79.7 Å². The van der Waals surface area contributed by atoms with E-state index in [4.69, 9.17) is 11.6 Å². The van der Waals surface area contributed by atoms with E-state index in [9.17, 15) is 9.59 Å². The highest BCUT2D eigenvalue weighted by atomic mass is 35.5. The fourth-order valence-electron chi connectivity index (χ4n) is 1.39. The molecule has 0 saturated carbocycles. The molecule has 1 heterocycles. The van der Waals surface area contributed by atoms with E-state index in [-0.39, 0.29) is 5.91 Å². The summed E-state index contributed by atoms with van der Waals surface area (Å²) in [6.07, 6.45) is 0.634. The first-order valence-electron chi connectivity index (χ1n) is 3.78. The van der Waals surface area contributed by atoms with Gasteiger partial charge in [0.25, 0.3) is 0 Å². The second-order valence-electron chi connectivity index (χ2n) is 2.83. The lowest BCUT2D eigenvalue weighted by Gasteiger charge is -1.98. The molecular formula is C9H6ClNO2. The number of carbonyl (C=O) groups excluding carboxylic acids is 2. The Morgan fingerprint density at radius 1 is 1.46 bits per heavy atom. The average Bonchev–Trinajstić information content (AvgIpc) is 2.39. The van der Waals surface area contributed by atoms with Gasteiger partial charge >= 0.3 is 0 Å². The van der Waals surface area contributed by atoms with Crippen molar-refractivity contribution in [3.05, 3.63) is 28.8 Å². The van der Waals surface area contributed by atoms with Crippen molar-refractivity contribution < 1.29 is 9.59 Å². The SMILES string of the molecule is O=C[C@H]1C(=O)Nc2cc(Cl)ccc21. The zero-order valence-corrected chi connectivity index (χ0v) is 7.34. The largest absolute Gasteiger partial charge is 0.325 e. The summed E-state index contributed by atoms with van der Waals surface area (Å²) in [5, 5.41) is 3.13. The molecule has 0 saturated heterocycles. The number of hydrogen-bond donors (Lipinski definition) is 1. The molecule has 0 spiro atoms. The summed E-state index contributed by atoms with van der Waals surface area (Å²) in [7, 11) is 0. The lowest BCUT2D eigenvalue weighted by molar-refractivity contribution is -0.121. The molecule has 0 unspecified atom stereocenters. The molecule has 1 amide bonds. The molecule has 0 radical (unpaired) electrons. The maximum absolute atomic E-state index is 11.2. The summed E-state index contributed by atoms with van der Waals surface area (Å²) < 4.78 is 0. The molecule has 0 bridgehead atoms. The third kappa shape index (κ3) is 1.21. The second kappa shape index (κ2) is 2.85. The highest BCUT2D eigenvalue weighted by molar-refractivity contribution is 6.31. The third-order valence-corrected chi connectivity index (χ3v) is 2.26. The van der Waals surface area contributed by atoms with E-state index in [1.165, 1.54) is 0 Å². The van der Waals surface area contributed by atoms with Crippen LogP contribution in [0.1, 0.15) is 11.5 Å². The molecule has 0 aliphatic carbocycles. The van der Waals surface area contributed by atoms with Gasteiger partial charge in [0, 0.05) is 10.7 Å². The van der Waals surface area contributed by atoms with Gasteiger partial charge in [0.15, 0.2) is 0 Å². The fraction of sp³-hybridized carbons (Fsp3) is 0.111. The number of aldehydes is 1. The summed E-state index contributed by atoms with van der Waals surface area (Å²) in [5.41, 5.74) is 1.33. The number of fused-ring (bicyclic) bond motifs is 1. The molecule has 1 atom stereocenters. The van der Waals surface area contributed by atoms with Crippen LogP contribution in [0, 0.1) is 0 Å². The number of amides is 1. The summed E-state index contributed by atoms with van der Waals surface area (Å²) in [5.74, 6) is -0.959. The normalized spacial score (nSPS) is 19.5. The Balaban J connectivity index is 2.54. The Hall–Kier alpha value is -1.35. The molecule has 0 aromatic heterocycles. The van der Waals surface area contributed by atoms with Crippen molar-refractivity contribution in [2.24, 2.45) is 0 Å². The summed E-state index contributed by atoms with van der Waals surface area (Å²) in [6.45, 7) is 0. The summed E-state index contributed by atoms with van der Waals surface area (Å²) >= 11 is 5.72. The van der Waals surface area contributed by atoms with E-state index in [0.717, 1.165) is 0 Å². The maximum Gasteiger partial charge on any atom is 0.239 e. The second-order valence-corrected chi connectivity index (χ2v) is 3.27. The van der Waals surface area contributed by atoms with Crippen LogP contribution in [0.2, 0.25) is 5.02 Å². The maximum atomic E-state index is 11.2. The van der Waals surface area contributed by atoms with Crippen LogP contribution < -0.4 is 5.32 Å². The highest BCUT2D eigenvalue weighted by Crippen LogP contribution is 2.32. The molecular weight excluding hydrogens is 190 g/mol. The van der Waals surface area contributed by atoms with E-state index in [1.54, 1.807) is 18.2 Å². The number of carbonyl (C=O) groups is 2. The molecule has 0 fully saturated rings. The van der Waals surface area contributed by atoms with E-state index in [0.29, 0.717) is 22.6 Å². The van der Waals surface area contributed by atoms with Gasteiger partial charge < -0.3 is 10.1 Å². The van der Waals surface area contributed by atoms with Crippen LogP contribution in [0.3, 0.4) is 0 Å². The minimum absolute atomic E-state index is 0.285. The first-order chi connectivity index (χ1) is 6.22. The lowest BCUT2D eigenvalue weighted by atomic mass is 10.0. The number of halogens is 1. The first kappa shape index (κ1) is 8.26. The molecule has 1 N–H and O–H groups in total. The molecule has 2 rings (SSSR count). The quantitative estimate of drug-likeness (QED) is 0.546. The predicted molar refractivity (Wildman–Crippen MR) is 48.9 cm³/mol. The van der Waals surface area contributed by atoms with E-state index in [1.807, 2.05) is 0 Å². The van der Waals surface area contributed by atoms with Crippen LogP contribution in [-0.4, -0.2) is 12.2 Å². The molecule has 66 valence electrons. The molecule has 1 aliphatic rings. The zero-order valence-electron chi connectivity index (χ0n) is 6.58. The number of nitrogens with one attached hydrogen (secondary N) is 1. The Bertz CT molecular complexity index is 389. The van der Waals surface area contributed by atoms with Gasteiger partial charge in [-0.05, 0) is 17.7 Å². The molecule has 1 aromatic carbocycles. The van der Waals surface area contributed by atoms with Crippen LogP contribution in [0.15, 0.2) is 18.2 Å². The Morgan fingerprint density at radius 3 is 2.92 bits per heavy atom. The first-order valence-corrected chi connectivity index (χ1v) is 4.16. The number of anilines is 1. The lowest BCUT2D eigenvalue weighted by Crippen LogP contribution is -2.12. The number of benzene rings is 1. The van der Waals surface area contributed by atoms with E-state index >= 15 is 0 Å². The average molecular weight is 196 g/mol. The topological polar surface area (TPSA) is 46.2 Å². The summed E-state index contributed by atoms with van der Waals surface area (Å²) in [6, 6.07) is 4.99. The predicted octanol–water partition coefficient (Wildman–Crippen LogP) is 1.57.